The Morgan fingerprint density at radius 3 is 2.50 bits per heavy atom. The van der Waals surface area contributed by atoms with E-state index in [1.807, 2.05) is 6.92 Å². The molecule has 0 saturated heterocycles. The van der Waals surface area contributed by atoms with Gasteiger partial charge in [0.05, 0.1) is 13.2 Å². The van der Waals surface area contributed by atoms with E-state index >= 15 is 0 Å². The number of carbonyl (C=O) groups excluding carboxylic acids is 2. The number of benzene rings is 1. The second kappa shape index (κ2) is 8.92. The zero-order valence-corrected chi connectivity index (χ0v) is 11.5. The molecule has 20 heavy (non-hydrogen) atoms. The molecular formula is C14H20N2O4. The third-order valence-corrected chi connectivity index (χ3v) is 2.49. The van der Waals surface area contributed by atoms with Crippen LogP contribution < -0.4 is 15.4 Å². The fraction of sp³-hybridized carbons (Fsp3) is 0.429. The minimum absolute atomic E-state index is 0.0266. The molecule has 110 valence electrons. The van der Waals surface area contributed by atoms with Crippen molar-refractivity contribution < 1.29 is 19.4 Å². The molecule has 0 radical (unpaired) electrons. The lowest BCUT2D eigenvalue weighted by molar-refractivity contribution is -0.120. The van der Waals surface area contributed by atoms with Gasteiger partial charge in [0, 0.05) is 18.7 Å². The van der Waals surface area contributed by atoms with Crippen molar-refractivity contribution in [1.29, 1.82) is 0 Å². The molecule has 2 amide bonds. The van der Waals surface area contributed by atoms with Crippen molar-refractivity contribution in [2.45, 2.75) is 13.3 Å². The van der Waals surface area contributed by atoms with Gasteiger partial charge in [0.2, 0.25) is 5.91 Å². The molecule has 0 spiro atoms. The zero-order valence-electron chi connectivity index (χ0n) is 11.5. The van der Waals surface area contributed by atoms with Crippen molar-refractivity contribution in [3.8, 4) is 5.75 Å². The fourth-order valence-electron chi connectivity index (χ4n) is 1.50. The largest absolute Gasteiger partial charge is 0.494 e. The van der Waals surface area contributed by atoms with E-state index in [-0.39, 0.29) is 25.0 Å². The van der Waals surface area contributed by atoms with Crippen LogP contribution in [0, 0.1) is 0 Å². The van der Waals surface area contributed by atoms with E-state index in [4.69, 9.17) is 9.84 Å². The molecule has 0 fully saturated rings. The van der Waals surface area contributed by atoms with Gasteiger partial charge in [-0.3, -0.25) is 9.59 Å². The van der Waals surface area contributed by atoms with Crippen molar-refractivity contribution in [2.24, 2.45) is 0 Å². The molecule has 0 aliphatic heterocycles. The van der Waals surface area contributed by atoms with Crippen LogP contribution >= 0.6 is 0 Å². The second-order valence-corrected chi connectivity index (χ2v) is 4.07. The van der Waals surface area contributed by atoms with Crippen LogP contribution in [0.2, 0.25) is 0 Å². The van der Waals surface area contributed by atoms with Gasteiger partial charge in [-0.15, -0.1) is 0 Å². The van der Waals surface area contributed by atoms with Crippen LogP contribution in [-0.2, 0) is 4.79 Å². The number of hydrogen-bond acceptors (Lipinski definition) is 4. The molecule has 0 atom stereocenters. The third kappa shape index (κ3) is 5.71. The van der Waals surface area contributed by atoms with Crippen molar-refractivity contribution in [3.05, 3.63) is 29.8 Å². The lowest BCUT2D eigenvalue weighted by Crippen LogP contribution is -2.37. The highest BCUT2D eigenvalue weighted by Crippen LogP contribution is 2.11. The molecule has 1 rings (SSSR count). The number of aliphatic hydroxyl groups is 1. The Hall–Kier alpha value is -2.08. The van der Waals surface area contributed by atoms with E-state index in [1.165, 1.54) is 0 Å². The van der Waals surface area contributed by atoms with Crippen LogP contribution in [0.25, 0.3) is 0 Å². The fourth-order valence-corrected chi connectivity index (χ4v) is 1.50. The highest BCUT2D eigenvalue weighted by atomic mass is 16.5. The summed E-state index contributed by atoms with van der Waals surface area (Å²) in [5.41, 5.74) is 0.469. The highest BCUT2D eigenvalue weighted by Gasteiger charge is 2.07. The summed E-state index contributed by atoms with van der Waals surface area (Å²) in [6, 6.07) is 6.70. The van der Waals surface area contributed by atoms with E-state index < -0.39 is 0 Å². The molecule has 3 N–H and O–H groups in total. The lowest BCUT2D eigenvalue weighted by atomic mass is 10.2. The summed E-state index contributed by atoms with van der Waals surface area (Å²) in [5, 5.41) is 13.7. The number of hydrogen-bond donors (Lipinski definition) is 3. The Morgan fingerprint density at radius 1 is 1.20 bits per heavy atom. The quantitative estimate of drug-likeness (QED) is 0.598. The van der Waals surface area contributed by atoms with Crippen LogP contribution in [0.15, 0.2) is 24.3 Å². The summed E-state index contributed by atoms with van der Waals surface area (Å²) in [6.07, 6.45) is 0.499. The maximum absolute atomic E-state index is 11.8. The molecule has 0 heterocycles. The van der Waals surface area contributed by atoms with Crippen LogP contribution in [0.5, 0.6) is 5.75 Å². The van der Waals surface area contributed by atoms with Crippen molar-refractivity contribution in [3.63, 3.8) is 0 Å². The summed E-state index contributed by atoms with van der Waals surface area (Å²) >= 11 is 0. The number of nitrogens with one attached hydrogen (secondary N) is 2. The second-order valence-electron chi connectivity index (χ2n) is 4.07. The van der Waals surface area contributed by atoms with E-state index in [9.17, 15) is 9.59 Å². The maximum atomic E-state index is 11.8. The average molecular weight is 280 g/mol. The minimum atomic E-state index is -0.314. The Labute approximate surface area is 118 Å². The van der Waals surface area contributed by atoms with E-state index in [0.717, 1.165) is 0 Å². The van der Waals surface area contributed by atoms with Gasteiger partial charge in [0.1, 0.15) is 5.75 Å². The standard InChI is InChI=1S/C14H20N2O4/c1-2-20-12-6-4-11(5-7-12)14(19)16-10-13(18)15-8-3-9-17/h4-7,17H,2-3,8-10H2,1H3,(H,15,18)(H,16,19). The van der Waals surface area contributed by atoms with E-state index in [1.54, 1.807) is 24.3 Å². The van der Waals surface area contributed by atoms with Crippen LogP contribution in [0.4, 0.5) is 0 Å². The Kier molecular flexibility index (Phi) is 7.13. The van der Waals surface area contributed by atoms with Gasteiger partial charge in [0.15, 0.2) is 0 Å². The van der Waals surface area contributed by atoms with Crippen LogP contribution in [-0.4, -0.2) is 43.2 Å². The monoisotopic (exact) mass is 280 g/mol. The Bertz CT molecular complexity index is 431. The summed E-state index contributed by atoms with van der Waals surface area (Å²) in [4.78, 5) is 23.1. The van der Waals surface area contributed by atoms with Gasteiger partial charge in [0.25, 0.3) is 5.91 Å². The molecule has 0 bridgehead atoms. The van der Waals surface area contributed by atoms with Gasteiger partial charge >= 0.3 is 0 Å². The molecule has 0 aliphatic rings. The number of carbonyl (C=O) groups is 2. The molecule has 0 aromatic heterocycles. The average Bonchev–Trinajstić information content (AvgIpc) is 2.46. The lowest BCUT2D eigenvalue weighted by Gasteiger charge is -2.07. The maximum Gasteiger partial charge on any atom is 0.251 e. The predicted octanol–water partition coefficient (Wildman–Crippen LogP) is 0.314. The topological polar surface area (TPSA) is 87.7 Å². The van der Waals surface area contributed by atoms with Crippen LogP contribution in [0.3, 0.4) is 0 Å². The summed E-state index contributed by atoms with van der Waals surface area (Å²) < 4.78 is 5.28. The molecule has 0 aliphatic carbocycles. The molecule has 0 saturated carbocycles. The highest BCUT2D eigenvalue weighted by molar-refractivity contribution is 5.96. The van der Waals surface area contributed by atoms with E-state index in [0.29, 0.717) is 30.9 Å². The number of rotatable bonds is 8. The summed E-state index contributed by atoms with van der Waals surface area (Å²) in [6.45, 7) is 2.79. The van der Waals surface area contributed by atoms with Crippen molar-refractivity contribution in [1.82, 2.24) is 10.6 Å². The van der Waals surface area contributed by atoms with Crippen molar-refractivity contribution in [2.75, 3.05) is 26.3 Å². The first-order valence-electron chi connectivity index (χ1n) is 6.56. The van der Waals surface area contributed by atoms with Crippen molar-refractivity contribution >= 4 is 11.8 Å². The Balaban J connectivity index is 2.36. The minimum Gasteiger partial charge on any atom is -0.494 e. The number of aliphatic hydroxyl groups excluding tert-OH is 1. The van der Waals surface area contributed by atoms with Gasteiger partial charge in [-0.05, 0) is 37.6 Å². The first kappa shape index (κ1) is 16.0. The number of amides is 2. The smallest absolute Gasteiger partial charge is 0.251 e. The van der Waals surface area contributed by atoms with E-state index in [2.05, 4.69) is 10.6 Å². The van der Waals surface area contributed by atoms with Gasteiger partial charge < -0.3 is 20.5 Å². The van der Waals surface area contributed by atoms with Gasteiger partial charge in [-0.25, -0.2) is 0 Å². The normalized spacial score (nSPS) is 9.90. The first-order chi connectivity index (χ1) is 9.67. The van der Waals surface area contributed by atoms with Gasteiger partial charge in [-0.1, -0.05) is 0 Å². The molecule has 1 aromatic carbocycles. The van der Waals surface area contributed by atoms with Crippen LogP contribution in [0.1, 0.15) is 23.7 Å². The third-order valence-electron chi connectivity index (χ3n) is 2.49. The summed E-state index contributed by atoms with van der Waals surface area (Å²) in [7, 11) is 0. The molecule has 0 unspecified atom stereocenters. The Morgan fingerprint density at radius 2 is 1.90 bits per heavy atom. The van der Waals surface area contributed by atoms with Gasteiger partial charge in [-0.2, -0.15) is 0 Å². The SMILES string of the molecule is CCOc1ccc(C(=O)NCC(=O)NCCCO)cc1. The number of ether oxygens (including phenoxy) is 1. The molecular weight excluding hydrogens is 260 g/mol. The first-order valence-corrected chi connectivity index (χ1v) is 6.56. The summed E-state index contributed by atoms with van der Waals surface area (Å²) in [5.74, 6) is 0.105. The zero-order chi connectivity index (χ0) is 14.8. The predicted molar refractivity (Wildman–Crippen MR) is 74.7 cm³/mol. The molecule has 6 heteroatoms. The molecule has 6 nitrogen and oxygen atoms in total. The molecule has 1 aromatic rings.